The summed E-state index contributed by atoms with van der Waals surface area (Å²) in [6, 6.07) is 19.0. The zero-order chi connectivity index (χ0) is 29.8. The van der Waals surface area contributed by atoms with Crippen molar-refractivity contribution < 1.29 is 38.1 Å². The molecule has 0 unspecified atom stereocenters. The summed E-state index contributed by atoms with van der Waals surface area (Å²) in [6.07, 6.45) is 4.62. The monoisotopic (exact) mass is 568 g/mol. The Morgan fingerprint density at radius 2 is 0.927 bits per heavy atom. The van der Waals surface area contributed by atoms with E-state index in [0.29, 0.717) is 38.5 Å². The lowest BCUT2D eigenvalue weighted by Gasteiger charge is -2.29. The van der Waals surface area contributed by atoms with E-state index in [-0.39, 0.29) is 64.0 Å². The first-order valence-corrected chi connectivity index (χ1v) is 14.6. The molecule has 224 valence electrons. The van der Waals surface area contributed by atoms with Gasteiger partial charge in [-0.2, -0.15) is 0 Å². The van der Waals surface area contributed by atoms with Crippen LogP contribution in [0.5, 0.6) is 0 Å². The fourth-order valence-corrected chi connectivity index (χ4v) is 4.52. The Bertz CT molecular complexity index is 966. The SMILES string of the molecule is CCOC(=O)C(CCCCCC(=O)OCc1ccccc1)(CCCCCC(=O)OCc1ccccc1)C(=O)OCC. The van der Waals surface area contributed by atoms with Crippen LogP contribution in [0, 0.1) is 5.41 Å². The number of ether oxygens (including phenoxy) is 4. The van der Waals surface area contributed by atoms with Crippen LogP contribution >= 0.6 is 0 Å². The Balaban J connectivity index is 1.82. The third-order valence-electron chi connectivity index (χ3n) is 6.79. The second-order valence-corrected chi connectivity index (χ2v) is 9.94. The molecule has 2 aromatic carbocycles. The van der Waals surface area contributed by atoms with Crippen molar-refractivity contribution >= 4 is 23.9 Å². The van der Waals surface area contributed by atoms with Crippen molar-refractivity contribution in [2.45, 2.75) is 91.3 Å². The number of carbonyl (C=O) groups excluding carboxylic acids is 4. The van der Waals surface area contributed by atoms with Gasteiger partial charge in [0.1, 0.15) is 13.2 Å². The van der Waals surface area contributed by atoms with Gasteiger partial charge in [-0.25, -0.2) is 0 Å². The molecule has 8 heteroatoms. The van der Waals surface area contributed by atoms with E-state index < -0.39 is 17.4 Å². The third-order valence-corrected chi connectivity index (χ3v) is 6.79. The van der Waals surface area contributed by atoms with Gasteiger partial charge in [0.2, 0.25) is 0 Å². The van der Waals surface area contributed by atoms with Crippen LogP contribution in [-0.2, 0) is 51.3 Å². The molecule has 2 rings (SSSR count). The number of hydrogen-bond acceptors (Lipinski definition) is 8. The summed E-state index contributed by atoms with van der Waals surface area (Å²) in [4.78, 5) is 50.4. The Hall–Kier alpha value is -3.68. The van der Waals surface area contributed by atoms with Crippen LogP contribution in [-0.4, -0.2) is 37.1 Å². The van der Waals surface area contributed by atoms with Gasteiger partial charge >= 0.3 is 23.9 Å². The first-order valence-electron chi connectivity index (χ1n) is 14.6. The van der Waals surface area contributed by atoms with E-state index in [9.17, 15) is 19.2 Å². The molecule has 0 aromatic heterocycles. The van der Waals surface area contributed by atoms with Gasteiger partial charge in [-0.15, -0.1) is 0 Å². The Labute approximate surface area is 243 Å². The van der Waals surface area contributed by atoms with Crippen LogP contribution in [0.1, 0.15) is 89.2 Å². The molecular formula is C33H44O8. The summed E-state index contributed by atoms with van der Waals surface area (Å²) >= 11 is 0. The molecule has 0 N–H and O–H groups in total. The molecule has 0 heterocycles. The van der Waals surface area contributed by atoms with E-state index in [1.165, 1.54) is 0 Å². The van der Waals surface area contributed by atoms with Crippen molar-refractivity contribution in [1.29, 1.82) is 0 Å². The van der Waals surface area contributed by atoms with Crippen molar-refractivity contribution in [2.24, 2.45) is 5.41 Å². The van der Waals surface area contributed by atoms with Gasteiger partial charge in [0.05, 0.1) is 13.2 Å². The predicted molar refractivity (Wildman–Crippen MR) is 154 cm³/mol. The maximum Gasteiger partial charge on any atom is 0.323 e. The molecule has 0 aliphatic carbocycles. The molecule has 41 heavy (non-hydrogen) atoms. The highest BCUT2D eigenvalue weighted by molar-refractivity contribution is 6.00. The summed E-state index contributed by atoms with van der Waals surface area (Å²) in [7, 11) is 0. The van der Waals surface area contributed by atoms with Crippen molar-refractivity contribution in [1.82, 2.24) is 0 Å². The van der Waals surface area contributed by atoms with Crippen LogP contribution < -0.4 is 0 Å². The van der Waals surface area contributed by atoms with Crippen LogP contribution in [0.15, 0.2) is 60.7 Å². The fourth-order valence-electron chi connectivity index (χ4n) is 4.52. The molecule has 0 amide bonds. The van der Waals surface area contributed by atoms with Crippen molar-refractivity contribution in [3.63, 3.8) is 0 Å². The maximum absolute atomic E-state index is 13.1. The molecule has 0 radical (unpaired) electrons. The highest BCUT2D eigenvalue weighted by Crippen LogP contribution is 2.35. The van der Waals surface area contributed by atoms with Crippen molar-refractivity contribution in [3.8, 4) is 0 Å². The number of hydrogen-bond donors (Lipinski definition) is 0. The summed E-state index contributed by atoms with van der Waals surface area (Å²) < 4.78 is 21.3. The Morgan fingerprint density at radius 3 is 1.29 bits per heavy atom. The van der Waals surface area contributed by atoms with E-state index in [1.54, 1.807) is 13.8 Å². The van der Waals surface area contributed by atoms with E-state index in [2.05, 4.69) is 0 Å². The lowest BCUT2D eigenvalue weighted by atomic mass is 9.77. The maximum atomic E-state index is 13.1. The number of unbranched alkanes of at least 4 members (excludes halogenated alkanes) is 4. The lowest BCUT2D eigenvalue weighted by Crippen LogP contribution is -2.42. The quantitative estimate of drug-likeness (QED) is 0.0773. The number of esters is 4. The first kappa shape index (κ1) is 33.5. The standard InChI is InChI=1S/C33H44O8/c1-3-38-31(36)33(32(37)39-4-2,23-15-7-13-21-29(34)40-25-27-17-9-5-10-18-27)24-16-8-14-22-30(35)41-26-28-19-11-6-12-20-28/h5-6,9-12,17-20H,3-4,7-8,13-16,21-26H2,1-2H3. The van der Waals surface area contributed by atoms with Gasteiger partial charge in [0, 0.05) is 12.8 Å². The van der Waals surface area contributed by atoms with E-state index >= 15 is 0 Å². The van der Waals surface area contributed by atoms with Gasteiger partial charge in [0.25, 0.3) is 0 Å². The molecule has 2 aromatic rings. The second kappa shape index (κ2) is 19.4. The van der Waals surface area contributed by atoms with E-state index in [1.807, 2.05) is 60.7 Å². The molecule has 0 aliphatic heterocycles. The van der Waals surface area contributed by atoms with Gasteiger partial charge in [-0.05, 0) is 50.7 Å². The predicted octanol–water partition coefficient (Wildman–Crippen LogP) is 6.49. The molecule has 0 saturated heterocycles. The summed E-state index contributed by atoms with van der Waals surface area (Å²) in [5, 5.41) is 0. The molecule has 0 bridgehead atoms. The van der Waals surface area contributed by atoms with Crippen LogP contribution in [0.4, 0.5) is 0 Å². The van der Waals surface area contributed by atoms with Crippen molar-refractivity contribution in [3.05, 3.63) is 71.8 Å². The number of carbonyl (C=O) groups is 4. The van der Waals surface area contributed by atoms with Crippen LogP contribution in [0.3, 0.4) is 0 Å². The van der Waals surface area contributed by atoms with Gasteiger partial charge in [0.15, 0.2) is 5.41 Å². The molecule has 8 nitrogen and oxygen atoms in total. The van der Waals surface area contributed by atoms with Crippen molar-refractivity contribution in [2.75, 3.05) is 13.2 Å². The summed E-state index contributed by atoms with van der Waals surface area (Å²) in [6.45, 7) is 4.19. The fraction of sp³-hybridized carbons (Fsp3) is 0.515. The van der Waals surface area contributed by atoms with E-state index in [4.69, 9.17) is 18.9 Å². The second-order valence-electron chi connectivity index (χ2n) is 9.94. The minimum atomic E-state index is -1.41. The summed E-state index contributed by atoms with van der Waals surface area (Å²) in [5.41, 5.74) is 0.449. The normalized spacial score (nSPS) is 11.0. The smallest absolute Gasteiger partial charge is 0.323 e. The Morgan fingerprint density at radius 1 is 0.537 bits per heavy atom. The van der Waals surface area contributed by atoms with Crippen LogP contribution in [0.2, 0.25) is 0 Å². The van der Waals surface area contributed by atoms with Gasteiger partial charge in [-0.3, -0.25) is 19.2 Å². The minimum absolute atomic E-state index is 0.153. The van der Waals surface area contributed by atoms with Gasteiger partial charge in [-0.1, -0.05) is 86.3 Å². The highest BCUT2D eigenvalue weighted by atomic mass is 16.6. The molecular weight excluding hydrogens is 524 g/mol. The Kier molecular flexibility index (Phi) is 15.9. The molecule has 0 saturated carbocycles. The number of benzene rings is 2. The highest BCUT2D eigenvalue weighted by Gasteiger charge is 2.47. The zero-order valence-corrected chi connectivity index (χ0v) is 24.4. The van der Waals surface area contributed by atoms with E-state index in [0.717, 1.165) is 11.1 Å². The largest absolute Gasteiger partial charge is 0.465 e. The zero-order valence-electron chi connectivity index (χ0n) is 24.4. The number of rotatable bonds is 20. The molecule has 0 spiro atoms. The molecule has 0 fully saturated rings. The first-order chi connectivity index (χ1) is 19.9. The average molecular weight is 569 g/mol. The van der Waals surface area contributed by atoms with Crippen LogP contribution in [0.25, 0.3) is 0 Å². The lowest BCUT2D eigenvalue weighted by molar-refractivity contribution is -0.174. The molecule has 0 aliphatic rings. The molecule has 0 atom stereocenters. The topological polar surface area (TPSA) is 105 Å². The van der Waals surface area contributed by atoms with Gasteiger partial charge < -0.3 is 18.9 Å². The third kappa shape index (κ3) is 12.6. The minimum Gasteiger partial charge on any atom is -0.465 e. The average Bonchev–Trinajstić information content (AvgIpc) is 2.99. The summed E-state index contributed by atoms with van der Waals surface area (Å²) in [5.74, 6) is -1.72.